The molecule has 9 rings (SSSR count). The van der Waals surface area contributed by atoms with Gasteiger partial charge in [0.25, 0.3) is 0 Å². The van der Waals surface area contributed by atoms with Gasteiger partial charge in [0.1, 0.15) is 11.2 Å². The van der Waals surface area contributed by atoms with Crippen LogP contribution in [0.3, 0.4) is 0 Å². The van der Waals surface area contributed by atoms with Crippen LogP contribution >= 0.6 is 0 Å². The highest BCUT2D eigenvalue weighted by molar-refractivity contribution is 5.94. The van der Waals surface area contributed by atoms with Gasteiger partial charge in [-0.3, -0.25) is 4.79 Å². The summed E-state index contributed by atoms with van der Waals surface area (Å²) in [4.78, 5) is 15.6. The van der Waals surface area contributed by atoms with Crippen molar-refractivity contribution < 1.29 is 9.15 Å². The minimum Gasteiger partial charge on any atom is -0.456 e. The first kappa shape index (κ1) is 24.9. The lowest BCUT2D eigenvalue weighted by atomic mass is 9.73. The quantitative estimate of drug-likeness (QED) is 0.194. The lowest BCUT2D eigenvalue weighted by molar-refractivity contribution is 0.471. The van der Waals surface area contributed by atoms with Crippen LogP contribution in [0.15, 0.2) is 137 Å². The van der Waals surface area contributed by atoms with Crippen LogP contribution in [0.4, 0.5) is 17.1 Å². The number of hydrogen-bond donors (Lipinski definition) is 0. The number of fused-ring (bicyclic) bond motifs is 6. The number of anilines is 3. The molecule has 6 aromatic carbocycles. The van der Waals surface area contributed by atoms with Crippen molar-refractivity contribution in [2.24, 2.45) is 0 Å². The number of ether oxygens (including phenoxy) is 1. The standard InChI is InChI=1S/C40H27NO3/c1-40(2)30-9-4-5-11-32(30)41-33-20-18-27(23-37(33)44-36-13-7-10-31(40)38(36)41)25-16-14-24(15-17-25)26-19-21-35-29(22-26)39(42)28-8-3-6-12-34(28)43-35/h3-23H,1-2H3. The lowest BCUT2D eigenvalue weighted by Crippen LogP contribution is -2.32. The summed E-state index contributed by atoms with van der Waals surface area (Å²) in [5.41, 5.74) is 11.1. The normalized spacial score (nSPS) is 14.1. The first-order chi connectivity index (χ1) is 21.5. The van der Waals surface area contributed by atoms with Gasteiger partial charge in [-0.15, -0.1) is 0 Å². The largest absolute Gasteiger partial charge is 0.456 e. The Bertz CT molecular complexity index is 2370. The first-order valence-corrected chi connectivity index (χ1v) is 14.9. The third-order valence-electron chi connectivity index (χ3n) is 9.26. The molecule has 44 heavy (non-hydrogen) atoms. The molecule has 4 nitrogen and oxygen atoms in total. The Hall–Kier alpha value is -5.61. The molecule has 2 aliphatic heterocycles. The molecule has 3 heterocycles. The summed E-state index contributed by atoms with van der Waals surface area (Å²) >= 11 is 0. The molecule has 0 saturated heterocycles. The van der Waals surface area contributed by atoms with Crippen molar-refractivity contribution in [1.29, 1.82) is 0 Å². The summed E-state index contributed by atoms with van der Waals surface area (Å²) in [6.07, 6.45) is 0. The van der Waals surface area contributed by atoms with Gasteiger partial charge < -0.3 is 14.1 Å². The summed E-state index contributed by atoms with van der Waals surface area (Å²) in [5.74, 6) is 1.71. The maximum Gasteiger partial charge on any atom is 0.200 e. The van der Waals surface area contributed by atoms with Gasteiger partial charge in [0, 0.05) is 5.41 Å². The smallest absolute Gasteiger partial charge is 0.200 e. The van der Waals surface area contributed by atoms with E-state index in [0.29, 0.717) is 21.9 Å². The van der Waals surface area contributed by atoms with Crippen LogP contribution in [0.1, 0.15) is 25.0 Å². The van der Waals surface area contributed by atoms with E-state index in [9.17, 15) is 4.79 Å². The Kier molecular flexibility index (Phi) is 5.07. The Balaban J connectivity index is 1.10. The van der Waals surface area contributed by atoms with E-state index in [-0.39, 0.29) is 10.8 Å². The van der Waals surface area contributed by atoms with Crippen LogP contribution in [0.25, 0.3) is 44.2 Å². The molecule has 210 valence electrons. The van der Waals surface area contributed by atoms with E-state index in [2.05, 4.69) is 104 Å². The number of rotatable bonds is 2. The highest BCUT2D eigenvalue weighted by Crippen LogP contribution is 2.59. The number of para-hydroxylation sites is 3. The summed E-state index contributed by atoms with van der Waals surface area (Å²) < 4.78 is 12.6. The average molecular weight is 570 g/mol. The van der Waals surface area contributed by atoms with E-state index < -0.39 is 0 Å². The highest BCUT2D eigenvalue weighted by Gasteiger charge is 2.41. The minimum absolute atomic E-state index is 0.0111. The lowest BCUT2D eigenvalue weighted by Gasteiger charge is -2.44. The third-order valence-corrected chi connectivity index (χ3v) is 9.26. The monoisotopic (exact) mass is 569 g/mol. The van der Waals surface area contributed by atoms with Crippen LogP contribution in [0, 0.1) is 0 Å². The third kappa shape index (κ3) is 3.48. The van der Waals surface area contributed by atoms with Crippen molar-refractivity contribution in [3.8, 4) is 33.8 Å². The molecule has 0 saturated carbocycles. The van der Waals surface area contributed by atoms with Crippen molar-refractivity contribution in [3.05, 3.63) is 149 Å². The van der Waals surface area contributed by atoms with Gasteiger partial charge in [-0.2, -0.15) is 0 Å². The van der Waals surface area contributed by atoms with Crippen molar-refractivity contribution >= 4 is 39.0 Å². The van der Waals surface area contributed by atoms with Crippen molar-refractivity contribution in [3.63, 3.8) is 0 Å². The van der Waals surface area contributed by atoms with Gasteiger partial charge in [-0.25, -0.2) is 0 Å². The molecule has 4 heteroatoms. The van der Waals surface area contributed by atoms with Gasteiger partial charge in [0.2, 0.25) is 5.43 Å². The van der Waals surface area contributed by atoms with E-state index >= 15 is 0 Å². The first-order valence-electron chi connectivity index (χ1n) is 14.9. The second kappa shape index (κ2) is 8.95. The molecule has 0 unspecified atom stereocenters. The van der Waals surface area contributed by atoms with E-state index in [1.807, 2.05) is 42.5 Å². The van der Waals surface area contributed by atoms with Crippen molar-refractivity contribution in [2.45, 2.75) is 19.3 Å². The summed E-state index contributed by atoms with van der Waals surface area (Å²) in [5, 5.41) is 1.18. The molecule has 2 aliphatic rings. The molecule has 0 atom stereocenters. The highest BCUT2D eigenvalue weighted by atomic mass is 16.5. The maximum atomic E-state index is 13.2. The zero-order chi connectivity index (χ0) is 29.6. The average Bonchev–Trinajstić information content (AvgIpc) is 3.06. The SMILES string of the molecule is CC1(C)c2ccccc2N2c3ccc(-c4ccc(-c5ccc6oc7ccccc7c(=O)c6c5)cc4)cc3Oc3cccc1c32. The summed E-state index contributed by atoms with van der Waals surface area (Å²) in [6, 6.07) is 43.2. The second-order valence-electron chi connectivity index (χ2n) is 12.1. The van der Waals surface area contributed by atoms with E-state index in [0.717, 1.165) is 45.1 Å². The molecular formula is C40H27NO3. The Morgan fingerprint density at radius 3 is 2.05 bits per heavy atom. The fourth-order valence-corrected chi connectivity index (χ4v) is 6.97. The second-order valence-corrected chi connectivity index (χ2v) is 12.1. The minimum atomic E-state index is -0.135. The molecule has 0 radical (unpaired) electrons. The number of nitrogens with zero attached hydrogens (tertiary/aromatic N) is 1. The van der Waals surface area contributed by atoms with Gasteiger partial charge in [-0.1, -0.05) is 92.7 Å². The molecule has 7 aromatic rings. The molecular weight excluding hydrogens is 542 g/mol. The van der Waals surface area contributed by atoms with Crippen LogP contribution < -0.4 is 15.1 Å². The summed E-state index contributed by atoms with van der Waals surface area (Å²) in [6.45, 7) is 4.58. The van der Waals surface area contributed by atoms with Crippen LogP contribution in [-0.2, 0) is 5.41 Å². The Morgan fingerprint density at radius 1 is 0.545 bits per heavy atom. The molecule has 0 N–H and O–H groups in total. The maximum absolute atomic E-state index is 13.2. The van der Waals surface area contributed by atoms with Crippen LogP contribution in [-0.4, -0.2) is 0 Å². The molecule has 0 aliphatic carbocycles. The van der Waals surface area contributed by atoms with Crippen LogP contribution in [0.5, 0.6) is 11.5 Å². The fraction of sp³-hybridized carbons (Fsp3) is 0.0750. The van der Waals surface area contributed by atoms with Crippen molar-refractivity contribution in [1.82, 2.24) is 0 Å². The number of benzene rings is 6. The van der Waals surface area contributed by atoms with E-state index in [1.165, 1.54) is 16.8 Å². The van der Waals surface area contributed by atoms with Gasteiger partial charge >= 0.3 is 0 Å². The zero-order valence-electron chi connectivity index (χ0n) is 24.3. The molecule has 0 amide bonds. The Morgan fingerprint density at radius 2 is 1.20 bits per heavy atom. The predicted molar refractivity (Wildman–Crippen MR) is 178 cm³/mol. The van der Waals surface area contributed by atoms with Gasteiger partial charge in [0.05, 0.1) is 27.8 Å². The predicted octanol–water partition coefficient (Wildman–Crippen LogP) is 10.5. The van der Waals surface area contributed by atoms with Crippen molar-refractivity contribution in [2.75, 3.05) is 4.90 Å². The summed E-state index contributed by atoms with van der Waals surface area (Å²) in [7, 11) is 0. The molecule has 0 spiro atoms. The topological polar surface area (TPSA) is 42.7 Å². The van der Waals surface area contributed by atoms with Gasteiger partial charge in [0.15, 0.2) is 11.5 Å². The van der Waals surface area contributed by atoms with E-state index in [4.69, 9.17) is 9.15 Å². The van der Waals surface area contributed by atoms with E-state index in [1.54, 1.807) is 0 Å². The zero-order valence-corrected chi connectivity index (χ0v) is 24.3. The number of hydrogen-bond acceptors (Lipinski definition) is 4. The Labute approximate surface area is 254 Å². The molecule has 0 bridgehead atoms. The fourth-order valence-electron chi connectivity index (χ4n) is 6.97. The molecule has 0 fully saturated rings. The van der Waals surface area contributed by atoms with Crippen LogP contribution in [0.2, 0.25) is 0 Å². The van der Waals surface area contributed by atoms with Gasteiger partial charge in [-0.05, 0) is 81.9 Å². The molecule has 1 aromatic heterocycles.